The van der Waals surface area contributed by atoms with Crippen molar-refractivity contribution < 1.29 is 18.3 Å². The van der Waals surface area contributed by atoms with Crippen LogP contribution in [0, 0.1) is 23.5 Å². The molecule has 0 bridgehead atoms. The summed E-state index contributed by atoms with van der Waals surface area (Å²) in [6.07, 6.45) is 4.01. The SMILES string of the molecule is Fc1cc(Cl)cc2c1OC13Oc4c(F)cc(Cl)cc4C[C@H]1CCC[C@@H]3C2. The zero-order valence-electron chi connectivity index (χ0n) is 13.8. The van der Waals surface area contributed by atoms with Crippen LogP contribution in [-0.2, 0) is 12.8 Å². The molecule has 0 N–H and O–H groups in total. The highest BCUT2D eigenvalue weighted by molar-refractivity contribution is 6.31. The van der Waals surface area contributed by atoms with Gasteiger partial charge in [0.15, 0.2) is 23.1 Å². The van der Waals surface area contributed by atoms with Crippen LogP contribution in [0.3, 0.4) is 0 Å². The van der Waals surface area contributed by atoms with Crippen LogP contribution in [0.4, 0.5) is 8.78 Å². The minimum atomic E-state index is -1.04. The predicted octanol–water partition coefficient (Wildman–Crippen LogP) is 5.95. The van der Waals surface area contributed by atoms with E-state index in [4.69, 9.17) is 32.7 Å². The van der Waals surface area contributed by atoms with Crippen molar-refractivity contribution in [2.24, 2.45) is 11.8 Å². The Morgan fingerprint density at radius 3 is 1.73 bits per heavy atom. The summed E-state index contributed by atoms with van der Waals surface area (Å²) in [7, 11) is 0. The molecular formula is C20H16Cl2F2O2. The Kier molecular flexibility index (Phi) is 3.67. The van der Waals surface area contributed by atoms with Crippen molar-refractivity contribution in [1.29, 1.82) is 0 Å². The molecule has 2 heterocycles. The summed E-state index contributed by atoms with van der Waals surface area (Å²) >= 11 is 12.0. The van der Waals surface area contributed by atoms with E-state index in [9.17, 15) is 8.78 Å². The molecule has 1 aliphatic carbocycles. The largest absolute Gasteiger partial charge is 0.448 e. The van der Waals surface area contributed by atoms with Gasteiger partial charge < -0.3 is 9.47 Å². The maximum atomic E-state index is 14.5. The highest BCUT2D eigenvalue weighted by Gasteiger charge is 2.57. The number of halogens is 4. The van der Waals surface area contributed by atoms with Gasteiger partial charge in [0.2, 0.25) is 0 Å². The summed E-state index contributed by atoms with van der Waals surface area (Å²) in [5, 5.41) is 0.701. The number of fused-ring (bicyclic) bond motifs is 2. The third kappa shape index (κ3) is 2.35. The van der Waals surface area contributed by atoms with E-state index < -0.39 is 17.4 Å². The first-order valence-corrected chi connectivity index (χ1v) is 9.56. The molecule has 0 unspecified atom stereocenters. The molecule has 3 aliphatic rings. The Bertz CT molecular complexity index is 842. The lowest BCUT2D eigenvalue weighted by Gasteiger charge is -2.53. The molecule has 2 aromatic carbocycles. The fraction of sp³-hybridized carbons (Fsp3) is 0.400. The average molecular weight is 397 g/mol. The first-order valence-electron chi connectivity index (χ1n) is 8.80. The van der Waals surface area contributed by atoms with Crippen molar-refractivity contribution in [1.82, 2.24) is 0 Å². The van der Waals surface area contributed by atoms with E-state index in [1.807, 2.05) is 0 Å². The summed E-state index contributed by atoms with van der Waals surface area (Å²) in [6, 6.07) is 5.97. The molecule has 2 aromatic rings. The molecule has 1 spiro atoms. The molecule has 0 saturated heterocycles. The normalized spacial score (nSPS) is 28.8. The molecule has 2 atom stereocenters. The molecule has 26 heavy (non-hydrogen) atoms. The van der Waals surface area contributed by atoms with Crippen LogP contribution in [0.15, 0.2) is 24.3 Å². The van der Waals surface area contributed by atoms with E-state index in [0.717, 1.165) is 30.4 Å². The number of ether oxygens (including phenoxy) is 2. The second-order valence-corrected chi connectivity index (χ2v) is 8.28. The molecule has 1 fully saturated rings. The Morgan fingerprint density at radius 2 is 1.27 bits per heavy atom. The predicted molar refractivity (Wildman–Crippen MR) is 95.0 cm³/mol. The van der Waals surface area contributed by atoms with E-state index in [-0.39, 0.29) is 23.3 Å². The maximum absolute atomic E-state index is 14.5. The number of hydrogen-bond acceptors (Lipinski definition) is 2. The van der Waals surface area contributed by atoms with Crippen LogP contribution in [0.1, 0.15) is 30.4 Å². The van der Waals surface area contributed by atoms with Crippen LogP contribution in [-0.4, -0.2) is 5.79 Å². The molecular weight excluding hydrogens is 381 g/mol. The van der Waals surface area contributed by atoms with Crippen molar-refractivity contribution in [3.8, 4) is 11.5 Å². The average Bonchev–Trinajstić information content (AvgIpc) is 2.58. The smallest absolute Gasteiger partial charge is 0.257 e. The van der Waals surface area contributed by atoms with Crippen LogP contribution < -0.4 is 9.47 Å². The van der Waals surface area contributed by atoms with Crippen molar-refractivity contribution in [2.75, 3.05) is 0 Å². The van der Waals surface area contributed by atoms with Crippen LogP contribution in [0.2, 0.25) is 10.0 Å². The van der Waals surface area contributed by atoms with Gasteiger partial charge in [-0.1, -0.05) is 29.6 Å². The fourth-order valence-electron chi connectivity index (χ4n) is 4.80. The van der Waals surface area contributed by atoms with E-state index >= 15 is 0 Å². The van der Waals surface area contributed by atoms with Gasteiger partial charge in [-0.3, -0.25) is 0 Å². The number of hydrogen-bond donors (Lipinski definition) is 0. The molecule has 0 aromatic heterocycles. The summed E-state index contributed by atoms with van der Waals surface area (Å²) < 4.78 is 41.4. The molecule has 2 nitrogen and oxygen atoms in total. The van der Waals surface area contributed by atoms with Crippen LogP contribution in [0.25, 0.3) is 0 Å². The first-order chi connectivity index (χ1) is 12.5. The molecule has 2 aliphatic heterocycles. The highest BCUT2D eigenvalue weighted by Crippen LogP contribution is 2.54. The molecule has 136 valence electrons. The molecule has 1 saturated carbocycles. The van der Waals surface area contributed by atoms with Gasteiger partial charge in [0.25, 0.3) is 5.79 Å². The van der Waals surface area contributed by atoms with E-state index in [2.05, 4.69) is 0 Å². The number of rotatable bonds is 0. The zero-order chi connectivity index (χ0) is 18.1. The third-order valence-corrected chi connectivity index (χ3v) is 6.31. The summed E-state index contributed by atoms with van der Waals surface area (Å²) in [6.45, 7) is 0. The standard InChI is InChI=1S/C20H16Cl2F2O2/c21-14-6-10-4-12-2-1-3-13-5-11-7-15(22)9-17(24)19(11)26-20(12,13)25-18(10)16(23)8-14/h6-9,12-13H,1-5H2/t12-,13-,20?/m1/s1. The molecule has 0 amide bonds. The fourth-order valence-corrected chi connectivity index (χ4v) is 5.25. The Hall–Kier alpha value is -1.52. The minimum Gasteiger partial charge on any atom is -0.448 e. The van der Waals surface area contributed by atoms with Crippen molar-refractivity contribution in [3.63, 3.8) is 0 Å². The number of benzene rings is 2. The van der Waals surface area contributed by atoms with Gasteiger partial charge in [0, 0.05) is 21.9 Å². The maximum Gasteiger partial charge on any atom is 0.257 e. The van der Waals surface area contributed by atoms with Gasteiger partial charge in [-0.05, 0) is 61.1 Å². The van der Waals surface area contributed by atoms with Crippen molar-refractivity contribution in [3.05, 3.63) is 57.1 Å². The first kappa shape index (κ1) is 16.6. The van der Waals surface area contributed by atoms with Crippen molar-refractivity contribution >= 4 is 23.2 Å². The van der Waals surface area contributed by atoms with E-state index in [1.165, 1.54) is 12.1 Å². The van der Waals surface area contributed by atoms with Gasteiger partial charge in [-0.25, -0.2) is 8.78 Å². The van der Waals surface area contributed by atoms with Crippen LogP contribution >= 0.6 is 23.2 Å². The molecule has 0 radical (unpaired) electrons. The van der Waals surface area contributed by atoms with Gasteiger partial charge in [0.1, 0.15) is 0 Å². The van der Waals surface area contributed by atoms with Gasteiger partial charge in [-0.15, -0.1) is 0 Å². The highest BCUT2D eigenvalue weighted by atomic mass is 35.5. The topological polar surface area (TPSA) is 18.5 Å². The van der Waals surface area contributed by atoms with Crippen LogP contribution in [0.5, 0.6) is 11.5 Å². The van der Waals surface area contributed by atoms with Gasteiger partial charge in [-0.2, -0.15) is 0 Å². The van der Waals surface area contributed by atoms with Gasteiger partial charge >= 0.3 is 0 Å². The summed E-state index contributed by atoms with van der Waals surface area (Å²) in [4.78, 5) is 0. The molecule has 6 heteroatoms. The summed E-state index contributed by atoms with van der Waals surface area (Å²) in [5.74, 6) is -1.65. The minimum absolute atomic E-state index is 0.0230. The lowest BCUT2D eigenvalue weighted by molar-refractivity contribution is -0.228. The van der Waals surface area contributed by atoms with E-state index in [0.29, 0.717) is 22.9 Å². The lowest BCUT2D eigenvalue weighted by atomic mass is 9.68. The lowest BCUT2D eigenvalue weighted by Crippen LogP contribution is -2.61. The zero-order valence-corrected chi connectivity index (χ0v) is 15.3. The third-order valence-electron chi connectivity index (χ3n) is 5.87. The second kappa shape index (κ2) is 5.74. The Labute approximate surface area is 160 Å². The Morgan fingerprint density at radius 1 is 0.808 bits per heavy atom. The second-order valence-electron chi connectivity index (χ2n) is 7.41. The summed E-state index contributed by atoms with van der Waals surface area (Å²) in [5.41, 5.74) is 1.49. The van der Waals surface area contributed by atoms with Crippen molar-refractivity contribution in [2.45, 2.75) is 37.9 Å². The van der Waals surface area contributed by atoms with E-state index in [1.54, 1.807) is 12.1 Å². The Balaban J connectivity index is 1.64. The molecule has 5 rings (SSSR count). The van der Waals surface area contributed by atoms with Gasteiger partial charge in [0.05, 0.1) is 0 Å². The quantitative estimate of drug-likeness (QED) is 0.547. The monoisotopic (exact) mass is 396 g/mol.